The first kappa shape index (κ1) is 8.52. The molecule has 1 saturated heterocycles. The Kier molecular flexibility index (Phi) is 2.13. The van der Waals surface area contributed by atoms with Gasteiger partial charge < -0.3 is 9.84 Å². The van der Waals surface area contributed by atoms with Gasteiger partial charge in [-0.25, -0.2) is 0 Å². The predicted octanol–water partition coefficient (Wildman–Crippen LogP) is 1.72. The standard InChI is InChI=1S/C10H18O2/c1-8-6-10(11,4-5-12-8)7-9-2-3-9/h8-9,11H,2-7H2,1H3. The highest BCUT2D eigenvalue weighted by Crippen LogP contribution is 2.41. The number of rotatable bonds is 2. The molecule has 2 nitrogen and oxygen atoms in total. The third kappa shape index (κ3) is 1.99. The van der Waals surface area contributed by atoms with Crippen LogP contribution in [0.5, 0.6) is 0 Å². The van der Waals surface area contributed by atoms with Crippen LogP contribution in [0.15, 0.2) is 0 Å². The van der Waals surface area contributed by atoms with Crippen LogP contribution in [-0.4, -0.2) is 23.4 Å². The summed E-state index contributed by atoms with van der Waals surface area (Å²) in [5, 5.41) is 10.2. The van der Waals surface area contributed by atoms with Gasteiger partial charge in [0.25, 0.3) is 0 Å². The molecule has 0 aromatic carbocycles. The van der Waals surface area contributed by atoms with Crippen molar-refractivity contribution in [2.24, 2.45) is 5.92 Å². The number of aliphatic hydroxyl groups is 1. The van der Waals surface area contributed by atoms with E-state index in [1.54, 1.807) is 0 Å². The Bertz CT molecular complexity index is 161. The van der Waals surface area contributed by atoms with Crippen molar-refractivity contribution in [3.05, 3.63) is 0 Å². The van der Waals surface area contributed by atoms with Gasteiger partial charge in [0.1, 0.15) is 0 Å². The lowest BCUT2D eigenvalue weighted by Gasteiger charge is -2.35. The van der Waals surface area contributed by atoms with Crippen LogP contribution >= 0.6 is 0 Å². The largest absolute Gasteiger partial charge is 0.390 e. The Morgan fingerprint density at radius 3 is 2.83 bits per heavy atom. The second-order valence-corrected chi connectivity index (χ2v) is 4.51. The Balaban J connectivity index is 1.88. The summed E-state index contributed by atoms with van der Waals surface area (Å²) < 4.78 is 5.42. The van der Waals surface area contributed by atoms with Crippen LogP contribution in [-0.2, 0) is 4.74 Å². The Morgan fingerprint density at radius 2 is 2.25 bits per heavy atom. The van der Waals surface area contributed by atoms with E-state index in [0.717, 1.165) is 31.8 Å². The van der Waals surface area contributed by atoms with Crippen molar-refractivity contribution < 1.29 is 9.84 Å². The van der Waals surface area contributed by atoms with Crippen molar-refractivity contribution in [1.29, 1.82) is 0 Å². The molecule has 2 unspecified atom stereocenters. The highest BCUT2D eigenvalue weighted by Gasteiger charge is 2.38. The normalized spacial score (nSPS) is 43.0. The monoisotopic (exact) mass is 170 g/mol. The zero-order valence-electron chi connectivity index (χ0n) is 7.75. The summed E-state index contributed by atoms with van der Waals surface area (Å²) in [5.74, 6) is 0.820. The van der Waals surface area contributed by atoms with Gasteiger partial charge >= 0.3 is 0 Å². The molecule has 2 fully saturated rings. The fourth-order valence-electron chi connectivity index (χ4n) is 2.19. The van der Waals surface area contributed by atoms with Crippen LogP contribution in [0.3, 0.4) is 0 Å². The first-order valence-electron chi connectivity index (χ1n) is 5.02. The average molecular weight is 170 g/mol. The van der Waals surface area contributed by atoms with Crippen LogP contribution in [0.2, 0.25) is 0 Å². The van der Waals surface area contributed by atoms with E-state index in [2.05, 4.69) is 6.92 Å². The molecule has 0 bridgehead atoms. The highest BCUT2D eigenvalue weighted by molar-refractivity contribution is 4.90. The lowest BCUT2D eigenvalue weighted by molar-refractivity contribution is -0.103. The lowest BCUT2D eigenvalue weighted by atomic mass is 9.86. The quantitative estimate of drug-likeness (QED) is 0.683. The molecular formula is C10H18O2. The molecule has 0 aromatic rings. The van der Waals surface area contributed by atoms with Gasteiger partial charge in [0, 0.05) is 13.0 Å². The first-order valence-corrected chi connectivity index (χ1v) is 5.02. The van der Waals surface area contributed by atoms with Crippen molar-refractivity contribution in [3.63, 3.8) is 0 Å². The van der Waals surface area contributed by atoms with E-state index in [-0.39, 0.29) is 6.10 Å². The maximum absolute atomic E-state index is 10.2. The molecule has 1 aliphatic heterocycles. The van der Waals surface area contributed by atoms with Gasteiger partial charge in [-0.2, -0.15) is 0 Å². The molecule has 0 spiro atoms. The molecule has 12 heavy (non-hydrogen) atoms. The minimum Gasteiger partial charge on any atom is -0.390 e. The van der Waals surface area contributed by atoms with Gasteiger partial charge in [-0.05, 0) is 25.7 Å². The van der Waals surface area contributed by atoms with Crippen molar-refractivity contribution in [2.45, 2.75) is 50.7 Å². The van der Waals surface area contributed by atoms with Gasteiger partial charge in [0.05, 0.1) is 11.7 Å². The van der Waals surface area contributed by atoms with E-state index in [9.17, 15) is 5.11 Å². The summed E-state index contributed by atoms with van der Waals surface area (Å²) >= 11 is 0. The molecule has 0 amide bonds. The smallest absolute Gasteiger partial charge is 0.0696 e. The van der Waals surface area contributed by atoms with Crippen LogP contribution in [0.1, 0.15) is 39.0 Å². The first-order chi connectivity index (χ1) is 5.68. The minimum atomic E-state index is -0.390. The summed E-state index contributed by atoms with van der Waals surface area (Å²) in [6.45, 7) is 2.79. The summed E-state index contributed by atoms with van der Waals surface area (Å²) in [5.41, 5.74) is -0.390. The molecule has 0 radical (unpaired) electrons. The number of hydrogen-bond donors (Lipinski definition) is 1. The zero-order valence-corrected chi connectivity index (χ0v) is 7.75. The molecule has 2 aliphatic rings. The van der Waals surface area contributed by atoms with Crippen molar-refractivity contribution in [3.8, 4) is 0 Å². The minimum absolute atomic E-state index is 0.252. The van der Waals surface area contributed by atoms with E-state index in [0.29, 0.717) is 0 Å². The molecule has 0 aromatic heterocycles. The second-order valence-electron chi connectivity index (χ2n) is 4.51. The topological polar surface area (TPSA) is 29.5 Å². The summed E-state index contributed by atoms with van der Waals surface area (Å²) in [6, 6.07) is 0. The van der Waals surface area contributed by atoms with Crippen molar-refractivity contribution in [1.82, 2.24) is 0 Å². The third-order valence-corrected chi connectivity index (χ3v) is 3.00. The lowest BCUT2D eigenvalue weighted by Crippen LogP contribution is -2.40. The molecule has 1 N–H and O–H groups in total. The Morgan fingerprint density at radius 1 is 1.50 bits per heavy atom. The van der Waals surface area contributed by atoms with E-state index >= 15 is 0 Å². The summed E-state index contributed by atoms with van der Waals surface area (Å²) in [6.07, 6.45) is 5.61. The molecule has 2 rings (SSSR count). The molecule has 1 heterocycles. The van der Waals surface area contributed by atoms with Crippen LogP contribution in [0.25, 0.3) is 0 Å². The molecule has 70 valence electrons. The predicted molar refractivity (Wildman–Crippen MR) is 46.9 cm³/mol. The average Bonchev–Trinajstić information content (AvgIpc) is 2.69. The fraction of sp³-hybridized carbons (Fsp3) is 1.00. The van der Waals surface area contributed by atoms with Crippen LogP contribution < -0.4 is 0 Å². The summed E-state index contributed by atoms with van der Waals surface area (Å²) in [7, 11) is 0. The van der Waals surface area contributed by atoms with E-state index in [4.69, 9.17) is 4.74 Å². The van der Waals surface area contributed by atoms with Crippen LogP contribution in [0.4, 0.5) is 0 Å². The zero-order chi connectivity index (χ0) is 8.60. The molecular weight excluding hydrogens is 152 g/mol. The third-order valence-electron chi connectivity index (χ3n) is 3.00. The van der Waals surface area contributed by atoms with E-state index in [1.165, 1.54) is 12.8 Å². The fourth-order valence-corrected chi connectivity index (χ4v) is 2.19. The maximum Gasteiger partial charge on any atom is 0.0696 e. The van der Waals surface area contributed by atoms with Gasteiger partial charge in [0.2, 0.25) is 0 Å². The second kappa shape index (κ2) is 3.00. The maximum atomic E-state index is 10.2. The highest BCUT2D eigenvalue weighted by atomic mass is 16.5. The van der Waals surface area contributed by atoms with Crippen LogP contribution in [0, 0.1) is 5.92 Å². The van der Waals surface area contributed by atoms with Gasteiger partial charge in [-0.3, -0.25) is 0 Å². The Hall–Kier alpha value is -0.0800. The van der Waals surface area contributed by atoms with E-state index in [1.807, 2.05) is 0 Å². The molecule has 1 saturated carbocycles. The van der Waals surface area contributed by atoms with Gasteiger partial charge in [-0.1, -0.05) is 12.8 Å². The molecule has 1 aliphatic carbocycles. The SMILES string of the molecule is CC1CC(O)(CC2CC2)CCO1. The number of ether oxygens (including phenoxy) is 1. The van der Waals surface area contributed by atoms with Gasteiger partial charge in [0.15, 0.2) is 0 Å². The number of hydrogen-bond acceptors (Lipinski definition) is 2. The van der Waals surface area contributed by atoms with Crippen molar-refractivity contribution in [2.75, 3.05) is 6.61 Å². The molecule has 2 heteroatoms. The summed E-state index contributed by atoms with van der Waals surface area (Å²) in [4.78, 5) is 0. The molecule has 2 atom stereocenters. The Labute approximate surface area is 73.9 Å². The van der Waals surface area contributed by atoms with Gasteiger partial charge in [-0.15, -0.1) is 0 Å². The van der Waals surface area contributed by atoms with E-state index < -0.39 is 5.60 Å². The van der Waals surface area contributed by atoms with Crippen molar-refractivity contribution >= 4 is 0 Å².